The molecule has 0 aromatic heterocycles. The molecule has 0 heterocycles. The van der Waals surface area contributed by atoms with Crippen molar-refractivity contribution in [1.29, 1.82) is 5.26 Å². The highest BCUT2D eigenvalue weighted by molar-refractivity contribution is 5.65. The molecule has 0 amide bonds. The molecule has 2 aromatic carbocycles. The third-order valence-electron chi connectivity index (χ3n) is 2.97. The monoisotopic (exact) mass is 237 g/mol. The Morgan fingerprint density at radius 1 is 1.06 bits per heavy atom. The summed E-state index contributed by atoms with van der Waals surface area (Å²) in [7, 11) is 1.68. The minimum Gasteiger partial charge on any atom is -0.496 e. The summed E-state index contributed by atoms with van der Waals surface area (Å²) in [6, 6.07) is 16.4. The fraction of sp³-hybridized carbons (Fsp3) is 0.188. The second-order valence-corrected chi connectivity index (χ2v) is 4.22. The van der Waals surface area contributed by atoms with Gasteiger partial charge in [-0.15, -0.1) is 0 Å². The molecule has 0 aliphatic rings. The van der Waals surface area contributed by atoms with Crippen LogP contribution in [-0.2, 0) is 6.42 Å². The molecular weight excluding hydrogens is 222 g/mol. The minimum atomic E-state index is 0.460. The number of aryl methyl sites for hydroxylation is 1. The van der Waals surface area contributed by atoms with Crippen LogP contribution in [0.3, 0.4) is 0 Å². The molecule has 0 spiro atoms. The summed E-state index contributed by atoms with van der Waals surface area (Å²) >= 11 is 0. The van der Waals surface area contributed by atoms with E-state index >= 15 is 0 Å². The fourth-order valence-corrected chi connectivity index (χ4v) is 1.96. The topological polar surface area (TPSA) is 33.0 Å². The number of hydrogen-bond acceptors (Lipinski definition) is 2. The van der Waals surface area contributed by atoms with Gasteiger partial charge in [-0.25, -0.2) is 0 Å². The van der Waals surface area contributed by atoms with Crippen LogP contribution in [0.25, 0.3) is 11.1 Å². The van der Waals surface area contributed by atoms with Crippen molar-refractivity contribution in [2.75, 3.05) is 7.11 Å². The number of rotatable bonds is 3. The van der Waals surface area contributed by atoms with Crippen molar-refractivity contribution in [3.63, 3.8) is 0 Å². The Labute approximate surface area is 107 Å². The van der Waals surface area contributed by atoms with E-state index < -0.39 is 0 Å². The predicted octanol–water partition coefficient (Wildman–Crippen LogP) is 3.74. The molecule has 18 heavy (non-hydrogen) atoms. The van der Waals surface area contributed by atoms with Gasteiger partial charge >= 0.3 is 0 Å². The minimum absolute atomic E-state index is 0.460. The van der Waals surface area contributed by atoms with E-state index in [4.69, 9.17) is 10.00 Å². The summed E-state index contributed by atoms with van der Waals surface area (Å²) in [4.78, 5) is 0. The van der Waals surface area contributed by atoms with Gasteiger partial charge in [0.05, 0.1) is 19.6 Å². The van der Waals surface area contributed by atoms with Crippen LogP contribution in [0.1, 0.15) is 11.1 Å². The van der Waals surface area contributed by atoms with E-state index in [0.717, 1.165) is 28.0 Å². The third kappa shape index (κ3) is 2.52. The molecule has 0 saturated carbocycles. The van der Waals surface area contributed by atoms with Gasteiger partial charge in [0, 0.05) is 0 Å². The highest BCUT2D eigenvalue weighted by Crippen LogP contribution is 2.26. The Bertz CT molecular complexity index is 579. The SMILES string of the molecule is COc1ccc(-c2ccc(CC#N)cc2)cc1C. The number of nitriles is 1. The molecule has 2 rings (SSSR count). The number of methoxy groups -OCH3 is 1. The van der Waals surface area contributed by atoms with E-state index in [9.17, 15) is 0 Å². The maximum atomic E-state index is 8.64. The summed E-state index contributed by atoms with van der Waals surface area (Å²) in [5.41, 5.74) is 4.49. The third-order valence-corrected chi connectivity index (χ3v) is 2.97. The van der Waals surface area contributed by atoms with Gasteiger partial charge in [-0.2, -0.15) is 5.26 Å². The largest absolute Gasteiger partial charge is 0.496 e. The zero-order valence-corrected chi connectivity index (χ0v) is 10.6. The van der Waals surface area contributed by atoms with Crippen molar-refractivity contribution in [2.45, 2.75) is 13.3 Å². The van der Waals surface area contributed by atoms with E-state index in [1.54, 1.807) is 7.11 Å². The van der Waals surface area contributed by atoms with Crippen LogP contribution in [0, 0.1) is 18.3 Å². The summed E-state index contributed by atoms with van der Waals surface area (Å²) in [6.07, 6.45) is 0.460. The summed E-state index contributed by atoms with van der Waals surface area (Å²) in [5.74, 6) is 0.903. The van der Waals surface area contributed by atoms with Crippen LogP contribution in [0.5, 0.6) is 5.75 Å². The molecule has 0 aliphatic heterocycles. The maximum Gasteiger partial charge on any atom is 0.121 e. The molecule has 90 valence electrons. The first kappa shape index (κ1) is 12.2. The van der Waals surface area contributed by atoms with Crippen LogP contribution in [0.2, 0.25) is 0 Å². The summed E-state index contributed by atoms with van der Waals surface area (Å²) < 4.78 is 5.25. The van der Waals surface area contributed by atoms with E-state index in [1.165, 1.54) is 0 Å². The molecule has 0 radical (unpaired) electrons. The molecule has 0 aliphatic carbocycles. The standard InChI is InChI=1S/C16H15NO/c1-12-11-15(7-8-16(12)18-2)14-5-3-13(4-6-14)9-10-17/h3-8,11H,9H2,1-2H3. The first-order valence-electron chi connectivity index (χ1n) is 5.85. The van der Waals surface area contributed by atoms with E-state index in [-0.39, 0.29) is 0 Å². The molecule has 0 fully saturated rings. The van der Waals surface area contributed by atoms with Gasteiger partial charge in [0.15, 0.2) is 0 Å². The lowest BCUT2D eigenvalue weighted by molar-refractivity contribution is 0.412. The zero-order valence-electron chi connectivity index (χ0n) is 10.6. The van der Waals surface area contributed by atoms with E-state index in [0.29, 0.717) is 6.42 Å². The Kier molecular flexibility index (Phi) is 3.64. The maximum absolute atomic E-state index is 8.64. The van der Waals surface area contributed by atoms with Gasteiger partial charge in [-0.1, -0.05) is 30.3 Å². The van der Waals surface area contributed by atoms with Crippen molar-refractivity contribution >= 4 is 0 Å². The Morgan fingerprint density at radius 2 is 1.72 bits per heavy atom. The van der Waals surface area contributed by atoms with Gasteiger partial charge in [0.2, 0.25) is 0 Å². The van der Waals surface area contributed by atoms with E-state index in [2.05, 4.69) is 12.1 Å². The number of benzene rings is 2. The molecule has 0 N–H and O–H groups in total. The van der Waals surface area contributed by atoms with Gasteiger partial charge in [-0.3, -0.25) is 0 Å². The lowest BCUT2D eigenvalue weighted by atomic mass is 10.0. The second-order valence-electron chi connectivity index (χ2n) is 4.22. The molecule has 0 atom stereocenters. The average Bonchev–Trinajstić information content (AvgIpc) is 2.40. The quantitative estimate of drug-likeness (QED) is 0.814. The van der Waals surface area contributed by atoms with Gasteiger partial charge < -0.3 is 4.74 Å². The van der Waals surface area contributed by atoms with Crippen molar-refractivity contribution in [2.24, 2.45) is 0 Å². The number of ether oxygens (including phenoxy) is 1. The molecular formula is C16H15NO. The highest BCUT2D eigenvalue weighted by atomic mass is 16.5. The first-order chi connectivity index (χ1) is 8.74. The number of hydrogen-bond donors (Lipinski definition) is 0. The van der Waals surface area contributed by atoms with Crippen molar-refractivity contribution in [3.05, 3.63) is 53.6 Å². The van der Waals surface area contributed by atoms with E-state index in [1.807, 2.05) is 43.3 Å². The van der Waals surface area contributed by atoms with Crippen LogP contribution in [0.15, 0.2) is 42.5 Å². The van der Waals surface area contributed by atoms with Gasteiger partial charge in [0.25, 0.3) is 0 Å². The molecule has 0 saturated heterocycles. The highest BCUT2D eigenvalue weighted by Gasteiger charge is 2.02. The van der Waals surface area contributed by atoms with Crippen molar-refractivity contribution < 1.29 is 4.74 Å². The first-order valence-corrected chi connectivity index (χ1v) is 5.85. The smallest absolute Gasteiger partial charge is 0.121 e. The second kappa shape index (κ2) is 5.37. The lowest BCUT2D eigenvalue weighted by Crippen LogP contribution is -1.88. The zero-order chi connectivity index (χ0) is 13.0. The molecule has 2 heteroatoms. The van der Waals surface area contributed by atoms with Crippen LogP contribution in [-0.4, -0.2) is 7.11 Å². The molecule has 0 unspecified atom stereocenters. The average molecular weight is 237 g/mol. The number of nitrogens with zero attached hydrogens (tertiary/aromatic N) is 1. The van der Waals surface area contributed by atoms with Gasteiger partial charge in [0.1, 0.15) is 5.75 Å². The van der Waals surface area contributed by atoms with Crippen molar-refractivity contribution in [3.8, 4) is 22.9 Å². The predicted molar refractivity (Wildman–Crippen MR) is 72.5 cm³/mol. The molecule has 2 nitrogen and oxygen atoms in total. The van der Waals surface area contributed by atoms with Gasteiger partial charge in [-0.05, 0) is 41.3 Å². The Morgan fingerprint density at radius 3 is 2.28 bits per heavy atom. The Hall–Kier alpha value is -2.27. The lowest BCUT2D eigenvalue weighted by Gasteiger charge is -2.08. The van der Waals surface area contributed by atoms with Crippen LogP contribution in [0.4, 0.5) is 0 Å². The fourth-order valence-electron chi connectivity index (χ4n) is 1.96. The molecule has 2 aromatic rings. The molecule has 0 bridgehead atoms. The van der Waals surface area contributed by atoms with Crippen molar-refractivity contribution in [1.82, 2.24) is 0 Å². The van der Waals surface area contributed by atoms with Crippen LogP contribution < -0.4 is 4.74 Å². The normalized spacial score (nSPS) is 9.83. The Balaban J connectivity index is 2.31. The van der Waals surface area contributed by atoms with Crippen LogP contribution >= 0.6 is 0 Å². The summed E-state index contributed by atoms with van der Waals surface area (Å²) in [5, 5.41) is 8.64. The summed E-state index contributed by atoms with van der Waals surface area (Å²) in [6.45, 7) is 2.03.